The molecule has 7 heteroatoms. The number of carbonyl (C=O) groups excluding carboxylic acids is 1. The average molecular weight is 318 g/mol. The van der Waals surface area contributed by atoms with Crippen molar-refractivity contribution in [3.8, 4) is 11.4 Å². The standard InChI is InChI=1S/C16H22N4O3/c1-3-7-20-15(17-11-18-20)12-5-4-6-13(8-12)16(23)19(2)9-14(22)10-21/h4-6,8,11,14,21-22H,3,7,9-10H2,1-2H3. The highest BCUT2D eigenvalue weighted by atomic mass is 16.3. The zero-order valence-corrected chi connectivity index (χ0v) is 13.4. The van der Waals surface area contributed by atoms with Gasteiger partial charge in [0.15, 0.2) is 5.82 Å². The number of amides is 1. The number of rotatable bonds is 7. The van der Waals surface area contributed by atoms with Gasteiger partial charge in [0.1, 0.15) is 6.33 Å². The summed E-state index contributed by atoms with van der Waals surface area (Å²) in [5.74, 6) is 0.500. The van der Waals surface area contributed by atoms with Crippen LogP contribution in [0, 0.1) is 0 Å². The van der Waals surface area contributed by atoms with Crippen LogP contribution in [-0.2, 0) is 6.54 Å². The molecule has 2 N–H and O–H groups in total. The summed E-state index contributed by atoms with van der Waals surface area (Å²) in [4.78, 5) is 18.1. The number of hydrogen-bond donors (Lipinski definition) is 2. The molecule has 0 saturated carbocycles. The van der Waals surface area contributed by atoms with Crippen molar-refractivity contribution in [2.75, 3.05) is 20.2 Å². The molecule has 2 aromatic rings. The third-order valence-corrected chi connectivity index (χ3v) is 3.46. The third kappa shape index (κ3) is 4.14. The van der Waals surface area contributed by atoms with Crippen LogP contribution in [0.4, 0.5) is 0 Å². The van der Waals surface area contributed by atoms with Gasteiger partial charge < -0.3 is 15.1 Å². The van der Waals surface area contributed by atoms with Crippen molar-refractivity contribution in [3.05, 3.63) is 36.2 Å². The Morgan fingerprint density at radius 2 is 2.22 bits per heavy atom. The maximum atomic E-state index is 12.4. The first-order valence-electron chi connectivity index (χ1n) is 7.59. The Morgan fingerprint density at radius 3 is 2.91 bits per heavy atom. The molecule has 23 heavy (non-hydrogen) atoms. The minimum Gasteiger partial charge on any atom is -0.394 e. The van der Waals surface area contributed by atoms with E-state index in [1.807, 2.05) is 10.7 Å². The second-order valence-corrected chi connectivity index (χ2v) is 5.41. The van der Waals surface area contributed by atoms with E-state index >= 15 is 0 Å². The summed E-state index contributed by atoms with van der Waals surface area (Å²) in [7, 11) is 1.59. The van der Waals surface area contributed by atoms with Crippen LogP contribution >= 0.6 is 0 Å². The largest absolute Gasteiger partial charge is 0.394 e. The summed E-state index contributed by atoms with van der Waals surface area (Å²) in [6.07, 6.45) is 1.50. The smallest absolute Gasteiger partial charge is 0.253 e. The highest BCUT2D eigenvalue weighted by Gasteiger charge is 2.16. The lowest BCUT2D eigenvalue weighted by Crippen LogP contribution is -2.35. The number of hydrogen-bond acceptors (Lipinski definition) is 5. The van der Waals surface area contributed by atoms with Crippen molar-refractivity contribution in [2.24, 2.45) is 0 Å². The summed E-state index contributed by atoms with van der Waals surface area (Å²) in [5.41, 5.74) is 1.32. The number of aryl methyl sites for hydroxylation is 1. The molecule has 0 aliphatic carbocycles. The van der Waals surface area contributed by atoms with E-state index in [9.17, 15) is 9.90 Å². The monoisotopic (exact) mass is 318 g/mol. The van der Waals surface area contributed by atoms with E-state index in [0.717, 1.165) is 24.4 Å². The van der Waals surface area contributed by atoms with Crippen LogP contribution in [0.3, 0.4) is 0 Å². The molecule has 124 valence electrons. The number of benzene rings is 1. The topological polar surface area (TPSA) is 91.5 Å². The number of aliphatic hydroxyl groups excluding tert-OH is 2. The van der Waals surface area contributed by atoms with Crippen LogP contribution in [0.1, 0.15) is 23.7 Å². The third-order valence-electron chi connectivity index (χ3n) is 3.46. The fourth-order valence-corrected chi connectivity index (χ4v) is 2.33. The first kappa shape index (κ1) is 17.1. The molecule has 1 atom stereocenters. The molecule has 0 aliphatic rings. The van der Waals surface area contributed by atoms with Gasteiger partial charge in [-0.2, -0.15) is 5.10 Å². The van der Waals surface area contributed by atoms with E-state index in [-0.39, 0.29) is 19.1 Å². The summed E-state index contributed by atoms with van der Waals surface area (Å²) in [5, 5.41) is 22.5. The molecule has 1 heterocycles. The quantitative estimate of drug-likeness (QED) is 0.787. The van der Waals surface area contributed by atoms with Gasteiger partial charge in [0.05, 0.1) is 12.7 Å². The van der Waals surface area contributed by atoms with Gasteiger partial charge in [0, 0.05) is 31.3 Å². The second kappa shape index (κ2) is 7.85. The Bertz CT molecular complexity index is 656. The predicted molar refractivity (Wildman–Crippen MR) is 85.8 cm³/mol. The molecule has 1 amide bonds. The second-order valence-electron chi connectivity index (χ2n) is 5.41. The Balaban J connectivity index is 2.22. The van der Waals surface area contributed by atoms with Crippen molar-refractivity contribution in [1.29, 1.82) is 0 Å². The Kier molecular flexibility index (Phi) is 5.84. The zero-order valence-electron chi connectivity index (χ0n) is 13.4. The number of nitrogens with zero attached hydrogens (tertiary/aromatic N) is 4. The normalized spacial score (nSPS) is 12.2. The van der Waals surface area contributed by atoms with Gasteiger partial charge in [-0.25, -0.2) is 9.67 Å². The van der Waals surface area contributed by atoms with Gasteiger partial charge in [0.25, 0.3) is 5.91 Å². The summed E-state index contributed by atoms with van der Waals surface area (Å²) >= 11 is 0. The maximum absolute atomic E-state index is 12.4. The first-order chi connectivity index (χ1) is 11.1. The van der Waals surface area contributed by atoms with Crippen LogP contribution < -0.4 is 0 Å². The average Bonchev–Trinajstić information content (AvgIpc) is 3.02. The Hall–Kier alpha value is -2.25. The minimum atomic E-state index is -0.945. The molecular formula is C16H22N4O3. The molecule has 7 nitrogen and oxygen atoms in total. The van der Waals surface area contributed by atoms with Crippen LogP contribution in [0.2, 0.25) is 0 Å². The Labute approximate surface area is 135 Å². The summed E-state index contributed by atoms with van der Waals surface area (Å²) in [6.45, 7) is 2.52. The molecular weight excluding hydrogens is 296 g/mol. The molecule has 1 aromatic heterocycles. The van der Waals surface area contributed by atoms with E-state index in [0.29, 0.717) is 5.56 Å². The molecule has 1 aromatic carbocycles. The highest BCUT2D eigenvalue weighted by Crippen LogP contribution is 2.19. The van der Waals surface area contributed by atoms with Crippen LogP contribution in [0.5, 0.6) is 0 Å². The van der Waals surface area contributed by atoms with Crippen molar-refractivity contribution < 1.29 is 15.0 Å². The number of carbonyl (C=O) groups is 1. The van der Waals surface area contributed by atoms with Gasteiger partial charge in [0.2, 0.25) is 0 Å². The van der Waals surface area contributed by atoms with Crippen molar-refractivity contribution in [1.82, 2.24) is 19.7 Å². The number of likely N-dealkylation sites (N-methyl/N-ethyl adjacent to an activating group) is 1. The molecule has 0 spiro atoms. The van der Waals surface area contributed by atoms with Crippen molar-refractivity contribution in [2.45, 2.75) is 26.0 Å². The lowest BCUT2D eigenvalue weighted by atomic mass is 10.1. The van der Waals surface area contributed by atoms with Crippen LogP contribution in [-0.4, -0.2) is 62.1 Å². The van der Waals surface area contributed by atoms with Crippen molar-refractivity contribution in [3.63, 3.8) is 0 Å². The predicted octanol–water partition coefficient (Wildman–Crippen LogP) is 0.780. The van der Waals surface area contributed by atoms with Gasteiger partial charge >= 0.3 is 0 Å². The molecule has 1 unspecified atom stereocenters. The fourth-order valence-electron chi connectivity index (χ4n) is 2.33. The van der Waals surface area contributed by atoms with Gasteiger partial charge in [-0.3, -0.25) is 4.79 Å². The summed E-state index contributed by atoms with van der Waals surface area (Å²) in [6, 6.07) is 7.16. The van der Waals surface area contributed by atoms with E-state index in [1.165, 1.54) is 11.2 Å². The fraction of sp³-hybridized carbons (Fsp3) is 0.438. The summed E-state index contributed by atoms with van der Waals surface area (Å²) < 4.78 is 1.81. The maximum Gasteiger partial charge on any atom is 0.253 e. The van der Waals surface area contributed by atoms with E-state index in [1.54, 1.807) is 25.2 Å². The van der Waals surface area contributed by atoms with Gasteiger partial charge in [-0.05, 0) is 18.6 Å². The zero-order chi connectivity index (χ0) is 16.8. The Morgan fingerprint density at radius 1 is 1.43 bits per heavy atom. The molecule has 0 aliphatic heterocycles. The van der Waals surface area contributed by atoms with E-state index in [2.05, 4.69) is 17.0 Å². The van der Waals surface area contributed by atoms with E-state index < -0.39 is 6.10 Å². The number of aliphatic hydroxyl groups is 2. The lowest BCUT2D eigenvalue weighted by Gasteiger charge is -2.20. The molecule has 0 saturated heterocycles. The molecule has 0 fully saturated rings. The highest BCUT2D eigenvalue weighted by molar-refractivity contribution is 5.95. The van der Waals surface area contributed by atoms with E-state index in [4.69, 9.17) is 5.11 Å². The van der Waals surface area contributed by atoms with Gasteiger partial charge in [-0.15, -0.1) is 0 Å². The minimum absolute atomic E-state index is 0.0750. The first-order valence-corrected chi connectivity index (χ1v) is 7.59. The molecule has 0 radical (unpaired) electrons. The lowest BCUT2D eigenvalue weighted by molar-refractivity contribution is 0.0520. The van der Waals surface area contributed by atoms with Crippen LogP contribution in [0.25, 0.3) is 11.4 Å². The van der Waals surface area contributed by atoms with Gasteiger partial charge in [-0.1, -0.05) is 19.1 Å². The SMILES string of the molecule is CCCn1ncnc1-c1cccc(C(=O)N(C)CC(O)CO)c1. The number of aromatic nitrogens is 3. The van der Waals surface area contributed by atoms with Crippen LogP contribution in [0.15, 0.2) is 30.6 Å². The molecule has 0 bridgehead atoms. The van der Waals surface area contributed by atoms with Crippen molar-refractivity contribution >= 4 is 5.91 Å². The molecule has 2 rings (SSSR count).